The van der Waals surface area contributed by atoms with Crippen LogP contribution in [0.25, 0.3) is 0 Å². The van der Waals surface area contributed by atoms with E-state index in [1.807, 2.05) is 0 Å². The van der Waals surface area contributed by atoms with Crippen molar-refractivity contribution in [2.75, 3.05) is 33.0 Å². The number of aliphatic hydroxyl groups excluding tert-OH is 5. The molecule has 1 rings (SSSR count). The van der Waals surface area contributed by atoms with Crippen molar-refractivity contribution in [2.45, 2.75) is 122 Å². The Balaban J connectivity index is 2.83. The first-order chi connectivity index (χ1) is 15.7. The van der Waals surface area contributed by atoms with Gasteiger partial charge in [0.2, 0.25) is 0 Å². The predicted molar refractivity (Wildman–Crippen MR) is 132 cm³/mol. The number of rotatable bonds is 5. The highest BCUT2D eigenvalue weighted by Crippen LogP contribution is 2.49. The van der Waals surface area contributed by atoms with Gasteiger partial charge in [-0.1, -0.05) is 109 Å². The molecule has 1 unspecified atom stereocenters. The van der Waals surface area contributed by atoms with Crippen molar-refractivity contribution in [1.29, 1.82) is 0 Å². The summed E-state index contributed by atoms with van der Waals surface area (Å²) in [5.74, 6) is -0.338. The summed E-state index contributed by atoms with van der Waals surface area (Å²) >= 11 is 0. The molecule has 0 aromatic rings. The molecule has 0 aromatic carbocycles. The zero-order valence-electron chi connectivity index (χ0n) is 20.8. The molecule has 0 aliphatic heterocycles. The van der Waals surface area contributed by atoms with Crippen molar-refractivity contribution >= 4 is 0 Å². The minimum absolute atomic E-state index is 0.150. The van der Waals surface area contributed by atoms with E-state index in [2.05, 4.69) is 0 Å². The first-order valence-corrected chi connectivity index (χ1v) is 13.7. The second-order valence-corrected chi connectivity index (χ2v) is 10.5. The smallest absolute Gasteiger partial charge is 0.0520 e. The molecule has 0 spiro atoms. The first kappa shape index (κ1) is 29.8. The van der Waals surface area contributed by atoms with Crippen molar-refractivity contribution in [2.24, 2.45) is 16.7 Å². The lowest BCUT2D eigenvalue weighted by Gasteiger charge is -2.51. The molecule has 192 valence electrons. The maximum atomic E-state index is 10.4. The summed E-state index contributed by atoms with van der Waals surface area (Å²) in [5, 5.41) is 51.7. The van der Waals surface area contributed by atoms with Gasteiger partial charge >= 0.3 is 0 Å². The lowest BCUT2D eigenvalue weighted by Crippen LogP contribution is -2.57. The van der Waals surface area contributed by atoms with E-state index in [0.717, 1.165) is 32.1 Å². The van der Waals surface area contributed by atoms with Gasteiger partial charge in [-0.25, -0.2) is 0 Å². The van der Waals surface area contributed by atoms with Crippen LogP contribution >= 0.6 is 0 Å². The van der Waals surface area contributed by atoms with E-state index in [0.29, 0.717) is 12.8 Å². The second-order valence-electron chi connectivity index (χ2n) is 10.5. The summed E-state index contributed by atoms with van der Waals surface area (Å²) in [4.78, 5) is 0. The highest BCUT2D eigenvalue weighted by Gasteiger charge is 2.53. The normalized spacial score (nSPS) is 26.0. The van der Waals surface area contributed by atoms with Crippen molar-refractivity contribution in [1.82, 2.24) is 0 Å². The fourth-order valence-corrected chi connectivity index (χ4v) is 5.90. The summed E-state index contributed by atoms with van der Waals surface area (Å²) < 4.78 is 0. The van der Waals surface area contributed by atoms with Crippen molar-refractivity contribution in [3.63, 3.8) is 0 Å². The van der Waals surface area contributed by atoms with Crippen LogP contribution in [0.5, 0.6) is 0 Å². The number of hydrogen-bond donors (Lipinski definition) is 5. The average molecular weight is 459 g/mol. The molecule has 0 radical (unpaired) electrons. The third kappa shape index (κ3) is 9.21. The highest BCUT2D eigenvalue weighted by molar-refractivity contribution is 5.01. The van der Waals surface area contributed by atoms with Gasteiger partial charge in [-0.2, -0.15) is 0 Å². The largest absolute Gasteiger partial charge is 0.396 e. The standard InChI is InChI=1S/C27H54O5/c28-20-25-18-16-14-12-10-8-6-4-2-1-3-5-7-9-11-13-15-17-19-26(21-29,22-30)27(25,23-31)24-32/h25,28-32H,1-24H2. The fourth-order valence-electron chi connectivity index (χ4n) is 5.90. The number of aliphatic hydroxyl groups is 5. The maximum absolute atomic E-state index is 10.4. The van der Waals surface area contributed by atoms with Gasteiger partial charge in [0.15, 0.2) is 0 Å². The summed E-state index contributed by atoms with van der Waals surface area (Å²) in [5.41, 5.74) is -2.07. The van der Waals surface area contributed by atoms with E-state index >= 15 is 0 Å². The van der Waals surface area contributed by atoms with Gasteiger partial charge in [0.05, 0.1) is 26.4 Å². The Labute approximate surface area is 197 Å². The van der Waals surface area contributed by atoms with Crippen LogP contribution in [0, 0.1) is 16.7 Å². The van der Waals surface area contributed by atoms with E-state index in [4.69, 9.17) is 0 Å². The Kier molecular flexibility index (Phi) is 16.9. The van der Waals surface area contributed by atoms with Gasteiger partial charge in [0.1, 0.15) is 0 Å². The van der Waals surface area contributed by atoms with Gasteiger partial charge in [0, 0.05) is 17.4 Å². The minimum Gasteiger partial charge on any atom is -0.396 e. The first-order valence-electron chi connectivity index (χ1n) is 13.7. The molecule has 5 heteroatoms. The van der Waals surface area contributed by atoms with Crippen LogP contribution < -0.4 is 0 Å². The van der Waals surface area contributed by atoms with Crippen LogP contribution in [0.2, 0.25) is 0 Å². The Bertz CT molecular complexity index is 420. The van der Waals surface area contributed by atoms with E-state index in [-0.39, 0.29) is 39.0 Å². The monoisotopic (exact) mass is 458 g/mol. The number of hydrogen-bond acceptors (Lipinski definition) is 5. The van der Waals surface area contributed by atoms with Gasteiger partial charge in [0.25, 0.3) is 0 Å². The van der Waals surface area contributed by atoms with Crippen molar-refractivity contribution in [3.05, 3.63) is 0 Å². The summed E-state index contributed by atoms with van der Waals surface area (Å²) in [6.45, 7) is -1.41. The molecule has 0 aromatic heterocycles. The Hall–Kier alpha value is -0.200. The van der Waals surface area contributed by atoms with Crippen LogP contribution in [-0.4, -0.2) is 58.6 Å². The maximum Gasteiger partial charge on any atom is 0.0520 e. The SMILES string of the molecule is OCC1CCCCCCCCCCCCCCCCCCCC(CO)(CO)C1(CO)CO. The van der Waals surface area contributed by atoms with Crippen LogP contribution in [-0.2, 0) is 0 Å². The van der Waals surface area contributed by atoms with Crippen LogP contribution in [0.1, 0.15) is 122 Å². The quantitative estimate of drug-likeness (QED) is 0.401. The molecular weight excluding hydrogens is 404 g/mol. The highest BCUT2D eigenvalue weighted by atomic mass is 16.3. The molecule has 1 aliphatic carbocycles. The molecule has 1 saturated carbocycles. The second kappa shape index (κ2) is 18.2. The van der Waals surface area contributed by atoms with Crippen LogP contribution in [0.4, 0.5) is 0 Å². The summed E-state index contributed by atoms with van der Waals surface area (Å²) in [6, 6.07) is 0. The molecule has 5 nitrogen and oxygen atoms in total. The zero-order chi connectivity index (χ0) is 23.5. The Morgan fingerprint density at radius 1 is 0.438 bits per heavy atom. The molecule has 0 amide bonds. The fraction of sp³-hybridized carbons (Fsp3) is 1.00. The molecule has 1 atom stereocenters. The average Bonchev–Trinajstić information content (AvgIpc) is 2.82. The van der Waals surface area contributed by atoms with E-state index in [9.17, 15) is 25.5 Å². The van der Waals surface area contributed by atoms with E-state index in [1.165, 1.54) is 77.0 Å². The molecule has 32 heavy (non-hydrogen) atoms. The Morgan fingerprint density at radius 2 is 0.781 bits per heavy atom. The Morgan fingerprint density at radius 3 is 1.09 bits per heavy atom. The van der Waals surface area contributed by atoms with Crippen LogP contribution in [0.15, 0.2) is 0 Å². The van der Waals surface area contributed by atoms with Crippen molar-refractivity contribution in [3.8, 4) is 0 Å². The molecular formula is C27H54O5. The molecule has 5 N–H and O–H groups in total. The summed E-state index contributed by atoms with van der Waals surface area (Å²) in [7, 11) is 0. The lowest BCUT2D eigenvalue weighted by atomic mass is 9.55. The van der Waals surface area contributed by atoms with Gasteiger partial charge < -0.3 is 25.5 Å². The van der Waals surface area contributed by atoms with Crippen LogP contribution in [0.3, 0.4) is 0 Å². The molecule has 1 aliphatic rings. The third-order valence-electron chi connectivity index (χ3n) is 8.44. The lowest BCUT2D eigenvalue weighted by molar-refractivity contribution is -0.159. The third-order valence-corrected chi connectivity index (χ3v) is 8.44. The zero-order valence-corrected chi connectivity index (χ0v) is 20.8. The van der Waals surface area contributed by atoms with Gasteiger partial charge in [-0.05, 0) is 18.8 Å². The molecule has 0 bridgehead atoms. The van der Waals surface area contributed by atoms with Gasteiger partial charge in [-0.15, -0.1) is 0 Å². The topological polar surface area (TPSA) is 101 Å². The van der Waals surface area contributed by atoms with Crippen molar-refractivity contribution < 1.29 is 25.5 Å². The van der Waals surface area contributed by atoms with E-state index in [1.54, 1.807) is 0 Å². The molecule has 1 fully saturated rings. The molecule has 0 heterocycles. The molecule has 0 saturated heterocycles. The predicted octanol–water partition coefficient (Wildman–Crippen LogP) is 4.96. The minimum atomic E-state index is -1.08. The van der Waals surface area contributed by atoms with E-state index < -0.39 is 10.8 Å². The van der Waals surface area contributed by atoms with Gasteiger partial charge in [-0.3, -0.25) is 0 Å². The summed E-state index contributed by atoms with van der Waals surface area (Å²) in [6.07, 6.45) is 21.9.